The van der Waals surface area contributed by atoms with Gasteiger partial charge in [-0.2, -0.15) is 0 Å². The van der Waals surface area contributed by atoms with Crippen molar-refractivity contribution < 1.29 is 9.52 Å². The molecule has 172 valence electrons. The van der Waals surface area contributed by atoms with E-state index in [1.54, 1.807) is 6.21 Å². The van der Waals surface area contributed by atoms with Crippen LogP contribution in [0, 0.1) is 13.8 Å². The van der Waals surface area contributed by atoms with E-state index in [1.165, 1.54) is 16.7 Å². The quantitative estimate of drug-likeness (QED) is 0.345. The number of aliphatic imine (C=N–C) groups is 1. The van der Waals surface area contributed by atoms with Crippen molar-refractivity contribution in [1.29, 1.82) is 0 Å². The zero-order valence-electron chi connectivity index (χ0n) is 20.5. The van der Waals surface area contributed by atoms with E-state index in [9.17, 15) is 5.11 Å². The highest BCUT2D eigenvalue weighted by Gasteiger charge is 2.27. The fourth-order valence-electron chi connectivity index (χ4n) is 5.04. The van der Waals surface area contributed by atoms with Gasteiger partial charge in [-0.3, -0.25) is 0 Å². The molecule has 2 aromatic heterocycles. The summed E-state index contributed by atoms with van der Waals surface area (Å²) in [6, 6.07) is 6.33. The number of fused-ring (bicyclic) bond motifs is 4. The van der Waals surface area contributed by atoms with Gasteiger partial charge in [-0.25, -0.2) is 9.98 Å². The third kappa shape index (κ3) is 3.54. The van der Waals surface area contributed by atoms with Gasteiger partial charge >= 0.3 is 0 Å². The Bertz CT molecular complexity index is 1410. The number of aryl methyl sites for hydroxylation is 5. The van der Waals surface area contributed by atoms with Gasteiger partial charge in [0.2, 0.25) is 5.95 Å². The Labute approximate surface area is 195 Å². The number of nitrogens with zero attached hydrogens (tertiary/aromatic N) is 3. The van der Waals surface area contributed by atoms with E-state index in [2.05, 4.69) is 58.2 Å². The molecule has 0 radical (unpaired) electrons. The number of phenolic OH excluding ortho intramolecular Hbond substituents is 1. The molecule has 2 aromatic carbocycles. The highest BCUT2D eigenvalue weighted by molar-refractivity contribution is 6.04. The predicted octanol–water partition coefficient (Wildman–Crippen LogP) is 7.05. The second-order valence-electron chi connectivity index (χ2n) is 10.4. The molecule has 1 aliphatic rings. The van der Waals surface area contributed by atoms with Crippen molar-refractivity contribution in [3.8, 4) is 5.75 Å². The van der Waals surface area contributed by atoms with E-state index in [-0.39, 0.29) is 5.41 Å². The van der Waals surface area contributed by atoms with Gasteiger partial charge in [0, 0.05) is 41.3 Å². The average molecular weight is 444 g/mol. The molecule has 0 unspecified atom stereocenters. The molecule has 0 bridgehead atoms. The van der Waals surface area contributed by atoms with Crippen LogP contribution < -0.4 is 0 Å². The van der Waals surface area contributed by atoms with Gasteiger partial charge in [0.25, 0.3) is 0 Å². The number of aromatic nitrogens is 2. The van der Waals surface area contributed by atoms with Gasteiger partial charge in [0.1, 0.15) is 17.1 Å². The van der Waals surface area contributed by atoms with Crippen molar-refractivity contribution in [3.05, 3.63) is 51.8 Å². The first-order chi connectivity index (χ1) is 15.7. The second kappa shape index (κ2) is 7.75. The van der Waals surface area contributed by atoms with Gasteiger partial charge in [-0.15, -0.1) is 0 Å². The summed E-state index contributed by atoms with van der Waals surface area (Å²) in [7, 11) is 0. The van der Waals surface area contributed by atoms with E-state index in [4.69, 9.17) is 14.4 Å². The van der Waals surface area contributed by atoms with Crippen LogP contribution in [-0.4, -0.2) is 20.9 Å². The smallest absolute Gasteiger partial charge is 0.230 e. The maximum atomic E-state index is 11.4. The highest BCUT2D eigenvalue weighted by atomic mass is 16.3. The number of hydrogen-bond acceptors (Lipinski definition) is 4. The lowest BCUT2D eigenvalue weighted by molar-refractivity contribution is 0.446. The summed E-state index contributed by atoms with van der Waals surface area (Å²) in [4.78, 5) is 9.65. The number of rotatable bonds is 3. The average Bonchev–Trinajstić information content (AvgIpc) is 3.29. The number of benzene rings is 2. The van der Waals surface area contributed by atoms with E-state index in [1.807, 2.05) is 6.07 Å². The molecule has 33 heavy (non-hydrogen) atoms. The maximum Gasteiger partial charge on any atom is 0.230 e. The van der Waals surface area contributed by atoms with Crippen LogP contribution in [-0.2, 0) is 24.8 Å². The minimum absolute atomic E-state index is 0.222. The number of phenols is 1. The van der Waals surface area contributed by atoms with E-state index in [0.717, 1.165) is 71.1 Å². The molecule has 1 N–H and O–H groups in total. The summed E-state index contributed by atoms with van der Waals surface area (Å²) >= 11 is 0. The molecule has 5 heteroatoms. The normalized spacial score (nSPS) is 14.6. The van der Waals surface area contributed by atoms with Crippen LogP contribution in [0.4, 0.5) is 5.95 Å². The molecule has 0 amide bonds. The second-order valence-corrected chi connectivity index (χ2v) is 10.4. The third-order valence-electron chi connectivity index (χ3n) is 7.03. The molecule has 0 spiro atoms. The summed E-state index contributed by atoms with van der Waals surface area (Å²) in [6.45, 7) is 13.4. The topological polar surface area (TPSA) is 63.5 Å². The molecule has 0 atom stereocenters. The first-order valence-electron chi connectivity index (χ1n) is 12.0. The van der Waals surface area contributed by atoms with Gasteiger partial charge in [-0.05, 0) is 74.8 Å². The molecule has 5 rings (SSSR count). The van der Waals surface area contributed by atoms with Crippen LogP contribution in [0.5, 0.6) is 5.75 Å². The number of aromatic hydroxyl groups is 1. The molecular formula is C28H33N3O2. The molecule has 0 aliphatic heterocycles. The van der Waals surface area contributed by atoms with E-state index >= 15 is 0 Å². The van der Waals surface area contributed by atoms with Crippen molar-refractivity contribution >= 4 is 34.2 Å². The van der Waals surface area contributed by atoms with Gasteiger partial charge in [0.05, 0.1) is 11.0 Å². The van der Waals surface area contributed by atoms with Crippen LogP contribution in [0.3, 0.4) is 0 Å². The van der Waals surface area contributed by atoms with Crippen LogP contribution in [0.25, 0.3) is 22.0 Å². The molecule has 0 saturated carbocycles. The molecule has 4 aromatic rings. The Balaban J connectivity index is 1.73. The Morgan fingerprint density at radius 3 is 2.58 bits per heavy atom. The lowest BCUT2D eigenvalue weighted by Gasteiger charge is -2.21. The maximum absolute atomic E-state index is 11.4. The Kier molecular flexibility index (Phi) is 5.11. The summed E-state index contributed by atoms with van der Waals surface area (Å²) in [5.41, 5.74) is 7.97. The lowest BCUT2D eigenvalue weighted by Crippen LogP contribution is -2.12. The monoisotopic (exact) mass is 443 g/mol. The summed E-state index contributed by atoms with van der Waals surface area (Å²) < 4.78 is 8.43. The number of hydrogen-bond donors (Lipinski definition) is 1. The molecule has 2 heterocycles. The summed E-state index contributed by atoms with van der Waals surface area (Å²) in [6.07, 6.45) is 6.02. The Morgan fingerprint density at radius 2 is 1.85 bits per heavy atom. The minimum Gasteiger partial charge on any atom is -0.507 e. The fraction of sp³-hybridized carbons (Fsp3) is 0.429. The molecule has 1 aliphatic carbocycles. The van der Waals surface area contributed by atoms with Crippen LogP contribution in [0.15, 0.2) is 27.6 Å². The first-order valence-corrected chi connectivity index (χ1v) is 12.0. The molecule has 0 fully saturated rings. The standard InChI is InChI=1S/C28H33N3O2/c1-7-31-22-13-17(3)16(2)12-21(22)30-27(31)29-15-19-25-18-10-8-9-11-23(18)33-24(25)14-20(26(19)32)28(4,5)6/h12-15,32H,7-11H2,1-6H3/b29-15+. The molecular weight excluding hydrogens is 410 g/mol. The van der Waals surface area contributed by atoms with Crippen molar-refractivity contribution in [2.75, 3.05) is 0 Å². The van der Waals surface area contributed by atoms with Crippen LogP contribution >= 0.6 is 0 Å². The first kappa shape index (κ1) is 21.7. The largest absolute Gasteiger partial charge is 0.507 e. The Morgan fingerprint density at radius 1 is 1.12 bits per heavy atom. The van der Waals surface area contributed by atoms with Crippen molar-refractivity contribution in [3.63, 3.8) is 0 Å². The molecule has 5 nitrogen and oxygen atoms in total. The SMILES string of the molecule is CCn1c(/N=C/c2c(O)c(C(C)(C)C)cc3oc4c(c23)CCCC4)nc2cc(C)c(C)cc21. The van der Waals surface area contributed by atoms with Crippen LogP contribution in [0.1, 0.15) is 74.1 Å². The van der Waals surface area contributed by atoms with Crippen molar-refractivity contribution in [2.24, 2.45) is 4.99 Å². The van der Waals surface area contributed by atoms with Gasteiger partial charge < -0.3 is 14.1 Å². The highest BCUT2D eigenvalue weighted by Crippen LogP contribution is 2.42. The van der Waals surface area contributed by atoms with Crippen LogP contribution in [0.2, 0.25) is 0 Å². The number of imidazole rings is 1. The van der Waals surface area contributed by atoms with Crippen molar-refractivity contribution in [1.82, 2.24) is 9.55 Å². The number of furan rings is 1. The van der Waals surface area contributed by atoms with E-state index in [0.29, 0.717) is 11.7 Å². The fourth-order valence-corrected chi connectivity index (χ4v) is 5.04. The predicted molar refractivity (Wildman–Crippen MR) is 135 cm³/mol. The van der Waals surface area contributed by atoms with E-state index < -0.39 is 0 Å². The van der Waals surface area contributed by atoms with Crippen molar-refractivity contribution in [2.45, 2.75) is 79.2 Å². The molecule has 0 saturated heterocycles. The zero-order chi connectivity index (χ0) is 23.5. The lowest BCUT2D eigenvalue weighted by atomic mass is 9.83. The third-order valence-corrected chi connectivity index (χ3v) is 7.03. The van der Waals surface area contributed by atoms with Gasteiger partial charge in [0.15, 0.2) is 0 Å². The summed E-state index contributed by atoms with van der Waals surface area (Å²) in [5.74, 6) is 2.01. The Hall–Kier alpha value is -3.08. The zero-order valence-corrected chi connectivity index (χ0v) is 20.5. The summed E-state index contributed by atoms with van der Waals surface area (Å²) in [5, 5.41) is 12.4. The van der Waals surface area contributed by atoms with Gasteiger partial charge in [-0.1, -0.05) is 20.8 Å². The minimum atomic E-state index is -0.222.